The number of benzene rings is 2. The van der Waals surface area contributed by atoms with Crippen molar-refractivity contribution in [2.75, 3.05) is 16.8 Å². The number of fused-ring (bicyclic) bond motifs is 1. The van der Waals surface area contributed by atoms with Crippen LogP contribution >= 0.6 is 24.0 Å². The standard InChI is InChI=1S/C16H14ClF2N3O.ClH/c17-10-6-7(4-5-11(10)18)22-16(23)12-8-2-1-3-9(8)13(19)15(21)14(12)20;/h4-6H,1-3,20-21H2,(H,22,23);1H. The number of nitrogen functional groups attached to an aromatic ring is 2. The van der Waals surface area contributed by atoms with Gasteiger partial charge in [-0.05, 0) is 48.6 Å². The van der Waals surface area contributed by atoms with Crippen molar-refractivity contribution in [2.24, 2.45) is 0 Å². The summed E-state index contributed by atoms with van der Waals surface area (Å²) in [6, 6.07) is 3.81. The highest BCUT2D eigenvalue weighted by atomic mass is 35.5. The first-order valence-electron chi connectivity index (χ1n) is 7.04. The first-order valence-corrected chi connectivity index (χ1v) is 7.42. The highest BCUT2D eigenvalue weighted by molar-refractivity contribution is 6.31. The monoisotopic (exact) mass is 373 g/mol. The van der Waals surface area contributed by atoms with E-state index >= 15 is 0 Å². The number of hydrogen-bond acceptors (Lipinski definition) is 3. The molecule has 128 valence electrons. The number of carbonyl (C=O) groups excluding carboxylic acids is 1. The summed E-state index contributed by atoms with van der Waals surface area (Å²) >= 11 is 5.69. The van der Waals surface area contributed by atoms with Crippen LogP contribution in [0.2, 0.25) is 5.02 Å². The van der Waals surface area contributed by atoms with Gasteiger partial charge in [0.05, 0.1) is 22.0 Å². The molecule has 0 saturated heterocycles. The van der Waals surface area contributed by atoms with E-state index in [0.29, 0.717) is 29.7 Å². The van der Waals surface area contributed by atoms with Gasteiger partial charge < -0.3 is 16.8 Å². The van der Waals surface area contributed by atoms with E-state index in [9.17, 15) is 13.6 Å². The van der Waals surface area contributed by atoms with Gasteiger partial charge in [-0.1, -0.05) is 11.6 Å². The van der Waals surface area contributed by atoms with E-state index in [-0.39, 0.29) is 34.4 Å². The highest BCUT2D eigenvalue weighted by Gasteiger charge is 2.28. The van der Waals surface area contributed by atoms with E-state index in [2.05, 4.69) is 5.32 Å². The van der Waals surface area contributed by atoms with Crippen LogP contribution in [-0.4, -0.2) is 5.91 Å². The van der Waals surface area contributed by atoms with Crippen LogP contribution in [0, 0.1) is 11.6 Å². The van der Waals surface area contributed by atoms with Gasteiger partial charge in [0.1, 0.15) is 5.82 Å². The summed E-state index contributed by atoms with van der Waals surface area (Å²) in [7, 11) is 0. The molecule has 0 aliphatic heterocycles. The van der Waals surface area contributed by atoms with Crippen LogP contribution in [0.4, 0.5) is 25.8 Å². The Kier molecular flexibility index (Phi) is 5.20. The van der Waals surface area contributed by atoms with Gasteiger partial charge in [-0.2, -0.15) is 0 Å². The maximum Gasteiger partial charge on any atom is 0.258 e. The van der Waals surface area contributed by atoms with E-state index < -0.39 is 17.5 Å². The Labute approximate surface area is 148 Å². The average molecular weight is 374 g/mol. The first kappa shape index (κ1) is 18.3. The maximum absolute atomic E-state index is 14.1. The molecule has 0 atom stereocenters. The summed E-state index contributed by atoms with van der Waals surface area (Å²) in [5, 5.41) is 2.48. The molecule has 2 aromatic rings. The first-order chi connectivity index (χ1) is 10.9. The molecule has 0 aromatic heterocycles. The predicted octanol–water partition coefficient (Wildman–Crippen LogP) is 3.95. The van der Waals surface area contributed by atoms with Gasteiger partial charge in [0.25, 0.3) is 5.91 Å². The highest BCUT2D eigenvalue weighted by Crippen LogP contribution is 2.37. The Bertz CT molecular complexity index is 828. The molecule has 0 spiro atoms. The molecular formula is C16H15Cl2F2N3O. The fourth-order valence-electron chi connectivity index (χ4n) is 2.87. The molecule has 0 heterocycles. The molecule has 0 saturated carbocycles. The normalized spacial score (nSPS) is 12.5. The molecular weight excluding hydrogens is 359 g/mol. The van der Waals surface area contributed by atoms with Crippen molar-refractivity contribution in [1.29, 1.82) is 0 Å². The SMILES string of the molecule is Cl.Nc1c(N)c(C(=O)Nc2ccc(F)c(Cl)c2)c2c(c1F)CCC2. The fraction of sp³-hybridized carbons (Fsp3) is 0.188. The van der Waals surface area contributed by atoms with Gasteiger partial charge in [0.15, 0.2) is 5.82 Å². The molecule has 8 heteroatoms. The Morgan fingerprint density at radius 3 is 2.46 bits per heavy atom. The van der Waals surface area contributed by atoms with E-state index in [1.165, 1.54) is 12.1 Å². The van der Waals surface area contributed by atoms with Gasteiger partial charge in [-0.3, -0.25) is 4.79 Å². The molecule has 4 nitrogen and oxygen atoms in total. The lowest BCUT2D eigenvalue weighted by Crippen LogP contribution is -2.19. The van der Waals surface area contributed by atoms with Gasteiger partial charge in [0, 0.05) is 5.69 Å². The Hall–Kier alpha value is -2.05. The minimum Gasteiger partial charge on any atom is -0.396 e. The number of amides is 1. The zero-order valence-corrected chi connectivity index (χ0v) is 14.0. The summed E-state index contributed by atoms with van der Waals surface area (Å²) in [5.41, 5.74) is 12.8. The van der Waals surface area contributed by atoms with Gasteiger partial charge >= 0.3 is 0 Å². The second kappa shape index (κ2) is 6.83. The number of nitrogens with one attached hydrogen (secondary N) is 1. The molecule has 3 rings (SSSR count). The Balaban J connectivity index is 0.00000208. The number of halogens is 4. The van der Waals surface area contributed by atoms with Crippen molar-refractivity contribution in [2.45, 2.75) is 19.3 Å². The molecule has 0 unspecified atom stereocenters. The third kappa shape index (κ3) is 2.99. The topological polar surface area (TPSA) is 81.1 Å². The zero-order valence-electron chi connectivity index (χ0n) is 12.5. The molecule has 0 bridgehead atoms. The van der Waals surface area contributed by atoms with Gasteiger partial charge in [0.2, 0.25) is 0 Å². The van der Waals surface area contributed by atoms with Crippen LogP contribution in [-0.2, 0) is 12.8 Å². The van der Waals surface area contributed by atoms with E-state index in [1.807, 2.05) is 0 Å². The molecule has 1 aliphatic carbocycles. The van der Waals surface area contributed by atoms with Crippen LogP contribution in [0.5, 0.6) is 0 Å². The molecule has 0 radical (unpaired) electrons. The Morgan fingerprint density at radius 2 is 1.79 bits per heavy atom. The minimum absolute atomic E-state index is 0. The number of rotatable bonds is 2. The van der Waals surface area contributed by atoms with Crippen molar-refractivity contribution < 1.29 is 13.6 Å². The van der Waals surface area contributed by atoms with Gasteiger partial charge in [-0.15, -0.1) is 12.4 Å². The van der Waals surface area contributed by atoms with Crippen molar-refractivity contribution in [3.63, 3.8) is 0 Å². The number of nitrogens with two attached hydrogens (primary N) is 2. The van der Waals surface area contributed by atoms with Crippen LogP contribution < -0.4 is 16.8 Å². The third-order valence-electron chi connectivity index (χ3n) is 3.99. The lowest BCUT2D eigenvalue weighted by molar-refractivity contribution is 0.102. The summed E-state index contributed by atoms with van der Waals surface area (Å²) in [6.45, 7) is 0. The van der Waals surface area contributed by atoms with Gasteiger partial charge in [-0.25, -0.2) is 8.78 Å². The summed E-state index contributed by atoms with van der Waals surface area (Å²) < 4.78 is 27.3. The van der Waals surface area contributed by atoms with Crippen LogP contribution in [0.25, 0.3) is 0 Å². The minimum atomic E-state index is -0.587. The number of hydrogen-bond donors (Lipinski definition) is 3. The maximum atomic E-state index is 14.1. The molecule has 1 amide bonds. The second-order valence-corrected chi connectivity index (χ2v) is 5.82. The average Bonchev–Trinajstić information content (AvgIpc) is 2.98. The lowest BCUT2D eigenvalue weighted by atomic mass is 9.98. The summed E-state index contributed by atoms with van der Waals surface area (Å²) in [4.78, 5) is 12.5. The fourth-order valence-corrected chi connectivity index (χ4v) is 3.05. The van der Waals surface area contributed by atoms with Crippen LogP contribution in [0.1, 0.15) is 27.9 Å². The summed E-state index contributed by atoms with van der Waals surface area (Å²) in [5.74, 6) is -1.65. The summed E-state index contributed by atoms with van der Waals surface area (Å²) in [6.07, 6.45) is 1.82. The van der Waals surface area contributed by atoms with Crippen molar-refractivity contribution >= 4 is 47.0 Å². The Morgan fingerprint density at radius 1 is 1.12 bits per heavy atom. The molecule has 24 heavy (non-hydrogen) atoms. The number of anilines is 3. The van der Waals surface area contributed by atoms with Crippen molar-refractivity contribution in [3.8, 4) is 0 Å². The largest absolute Gasteiger partial charge is 0.396 e. The van der Waals surface area contributed by atoms with E-state index in [4.69, 9.17) is 23.1 Å². The van der Waals surface area contributed by atoms with E-state index in [1.54, 1.807) is 0 Å². The third-order valence-corrected chi connectivity index (χ3v) is 4.27. The van der Waals surface area contributed by atoms with Crippen LogP contribution in [0.3, 0.4) is 0 Å². The molecule has 0 fully saturated rings. The zero-order chi connectivity index (χ0) is 16.7. The molecule has 2 aromatic carbocycles. The van der Waals surface area contributed by atoms with Crippen molar-refractivity contribution in [3.05, 3.63) is 51.5 Å². The van der Waals surface area contributed by atoms with Crippen molar-refractivity contribution in [1.82, 2.24) is 0 Å². The predicted molar refractivity (Wildman–Crippen MR) is 93.9 cm³/mol. The molecule has 1 aliphatic rings. The quantitative estimate of drug-likeness (QED) is 0.697. The lowest BCUT2D eigenvalue weighted by Gasteiger charge is -2.15. The number of carbonyl (C=O) groups is 1. The van der Waals surface area contributed by atoms with E-state index in [0.717, 1.165) is 12.5 Å². The van der Waals surface area contributed by atoms with Crippen LogP contribution in [0.15, 0.2) is 18.2 Å². The smallest absolute Gasteiger partial charge is 0.258 e. The molecule has 5 N–H and O–H groups in total. The second-order valence-electron chi connectivity index (χ2n) is 5.41.